The highest BCUT2D eigenvalue weighted by Gasteiger charge is 2.22. The fraction of sp³-hybridized carbons (Fsp3) is 0.438. The standard InChI is InChI=1S/C16H19NOS/c1-11-3-4-13-7-15(5-6-16(13)12(11)2)18-8-14-9-19-10-17-14/h5-7,9-12H,3-4,8H2,1-2H3. The van der Waals surface area contributed by atoms with E-state index >= 15 is 0 Å². The lowest BCUT2D eigenvalue weighted by Gasteiger charge is -2.28. The minimum atomic E-state index is 0.564. The molecule has 0 bridgehead atoms. The lowest BCUT2D eigenvalue weighted by Crippen LogP contribution is -2.15. The molecule has 0 fully saturated rings. The molecule has 100 valence electrons. The van der Waals surface area contributed by atoms with Crippen molar-refractivity contribution < 1.29 is 4.74 Å². The minimum Gasteiger partial charge on any atom is -0.487 e. The van der Waals surface area contributed by atoms with Gasteiger partial charge in [0.1, 0.15) is 12.4 Å². The van der Waals surface area contributed by atoms with Crippen molar-refractivity contribution in [3.63, 3.8) is 0 Å². The van der Waals surface area contributed by atoms with Crippen LogP contribution in [-0.4, -0.2) is 4.98 Å². The second kappa shape index (κ2) is 5.33. The molecule has 1 aromatic carbocycles. The van der Waals surface area contributed by atoms with Crippen molar-refractivity contribution in [2.45, 2.75) is 39.2 Å². The third kappa shape index (κ3) is 2.66. The largest absolute Gasteiger partial charge is 0.487 e. The fourth-order valence-electron chi connectivity index (χ4n) is 2.74. The molecular weight excluding hydrogens is 254 g/mol. The van der Waals surface area contributed by atoms with Gasteiger partial charge in [0.05, 0.1) is 11.2 Å². The molecular formula is C16H19NOS. The van der Waals surface area contributed by atoms with E-state index < -0.39 is 0 Å². The molecule has 0 radical (unpaired) electrons. The number of aromatic nitrogens is 1. The molecule has 2 nitrogen and oxygen atoms in total. The van der Waals surface area contributed by atoms with Crippen LogP contribution in [-0.2, 0) is 13.0 Å². The highest BCUT2D eigenvalue weighted by molar-refractivity contribution is 7.07. The van der Waals surface area contributed by atoms with Gasteiger partial charge < -0.3 is 4.74 Å². The highest BCUT2D eigenvalue weighted by atomic mass is 32.1. The van der Waals surface area contributed by atoms with Gasteiger partial charge in [-0.25, -0.2) is 4.98 Å². The summed E-state index contributed by atoms with van der Waals surface area (Å²) >= 11 is 1.61. The molecule has 1 aliphatic rings. The molecule has 0 amide bonds. The van der Waals surface area contributed by atoms with E-state index in [1.165, 1.54) is 24.0 Å². The van der Waals surface area contributed by atoms with Gasteiger partial charge in [0.25, 0.3) is 0 Å². The lowest BCUT2D eigenvalue weighted by atomic mass is 9.77. The third-order valence-electron chi connectivity index (χ3n) is 4.20. The zero-order valence-electron chi connectivity index (χ0n) is 11.4. The Labute approximate surface area is 118 Å². The molecule has 1 aliphatic carbocycles. The van der Waals surface area contributed by atoms with Crippen LogP contribution in [0.5, 0.6) is 5.75 Å². The van der Waals surface area contributed by atoms with E-state index in [2.05, 4.69) is 37.0 Å². The van der Waals surface area contributed by atoms with Gasteiger partial charge in [-0.1, -0.05) is 19.9 Å². The molecule has 1 heterocycles. The van der Waals surface area contributed by atoms with Crippen molar-refractivity contribution in [2.24, 2.45) is 5.92 Å². The predicted octanol–water partition coefficient (Wildman–Crippen LogP) is 4.41. The number of aryl methyl sites for hydroxylation is 1. The number of nitrogens with zero attached hydrogens (tertiary/aromatic N) is 1. The summed E-state index contributed by atoms with van der Waals surface area (Å²) in [5.74, 6) is 2.42. The second-order valence-corrected chi connectivity index (χ2v) is 6.15. The van der Waals surface area contributed by atoms with E-state index in [0.717, 1.165) is 17.4 Å². The smallest absolute Gasteiger partial charge is 0.131 e. The van der Waals surface area contributed by atoms with Gasteiger partial charge in [-0.2, -0.15) is 0 Å². The monoisotopic (exact) mass is 273 g/mol. The van der Waals surface area contributed by atoms with Crippen molar-refractivity contribution in [3.8, 4) is 5.75 Å². The number of thiazole rings is 1. The maximum Gasteiger partial charge on any atom is 0.131 e. The quantitative estimate of drug-likeness (QED) is 0.826. The second-order valence-electron chi connectivity index (χ2n) is 5.43. The molecule has 2 atom stereocenters. The molecule has 3 heteroatoms. The van der Waals surface area contributed by atoms with Crippen LogP contribution in [0.15, 0.2) is 29.1 Å². The Balaban J connectivity index is 1.74. The molecule has 2 unspecified atom stereocenters. The van der Waals surface area contributed by atoms with Gasteiger partial charge >= 0.3 is 0 Å². The number of fused-ring (bicyclic) bond motifs is 1. The first kappa shape index (κ1) is 12.7. The van der Waals surface area contributed by atoms with Gasteiger partial charge in [-0.05, 0) is 47.9 Å². The average Bonchev–Trinajstić information content (AvgIpc) is 2.94. The van der Waals surface area contributed by atoms with E-state index in [9.17, 15) is 0 Å². The minimum absolute atomic E-state index is 0.564. The number of hydrogen-bond donors (Lipinski definition) is 0. The van der Waals surface area contributed by atoms with Crippen molar-refractivity contribution in [1.82, 2.24) is 4.98 Å². The maximum atomic E-state index is 5.82. The summed E-state index contributed by atoms with van der Waals surface area (Å²) in [7, 11) is 0. The van der Waals surface area contributed by atoms with Crippen LogP contribution in [0.2, 0.25) is 0 Å². The van der Waals surface area contributed by atoms with Gasteiger partial charge in [0.2, 0.25) is 0 Å². The molecule has 0 saturated carbocycles. The molecule has 0 N–H and O–H groups in total. The van der Waals surface area contributed by atoms with E-state index in [1.807, 2.05) is 10.9 Å². The molecule has 2 aromatic rings. The lowest BCUT2D eigenvalue weighted by molar-refractivity contribution is 0.301. The van der Waals surface area contributed by atoms with Gasteiger partial charge in [-0.3, -0.25) is 0 Å². The zero-order valence-corrected chi connectivity index (χ0v) is 12.2. The summed E-state index contributed by atoms with van der Waals surface area (Å²) in [5.41, 5.74) is 5.81. The van der Waals surface area contributed by atoms with E-state index in [-0.39, 0.29) is 0 Å². The first-order valence-corrected chi connectivity index (χ1v) is 7.81. The van der Waals surface area contributed by atoms with Gasteiger partial charge in [0, 0.05) is 5.38 Å². The number of benzene rings is 1. The highest BCUT2D eigenvalue weighted by Crippen LogP contribution is 2.37. The number of rotatable bonds is 3. The van der Waals surface area contributed by atoms with Crippen molar-refractivity contribution in [3.05, 3.63) is 45.9 Å². The van der Waals surface area contributed by atoms with E-state index in [1.54, 1.807) is 11.3 Å². The SMILES string of the molecule is CC1CCc2cc(OCc3cscn3)ccc2C1C. The van der Waals surface area contributed by atoms with Gasteiger partial charge in [-0.15, -0.1) is 11.3 Å². The Kier molecular flexibility index (Phi) is 3.56. The summed E-state index contributed by atoms with van der Waals surface area (Å²) in [4.78, 5) is 4.23. The number of ether oxygens (including phenoxy) is 1. The predicted molar refractivity (Wildman–Crippen MR) is 78.8 cm³/mol. The summed E-state index contributed by atoms with van der Waals surface area (Å²) in [6.45, 7) is 5.24. The Morgan fingerprint density at radius 1 is 1.37 bits per heavy atom. The van der Waals surface area contributed by atoms with Crippen LogP contribution in [0, 0.1) is 5.92 Å². The van der Waals surface area contributed by atoms with Crippen LogP contribution in [0.1, 0.15) is 43.0 Å². The summed E-state index contributed by atoms with van der Waals surface area (Å²) in [6.07, 6.45) is 2.46. The summed E-state index contributed by atoms with van der Waals surface area (Å²) < 4.78 is 5.82. The molecule has 0 aliphatic heterocycles. The van der Waals surface area contributed by atoms with Crippen molar-refractivity contribution >= 4 is 11.3 Å². The summed E-state index contributed by atoms with van der Waals surface area (Å²) in [6, 6.07) is 6.55. The Hall–Kier alpha value is -1.35. The molecule has 19 heavy (non-hydrogen) atoms. The Morgan fingerprint density at radius 2 is 2.26 bits per heavy atom. The molecule has 0 saturated heterocycles. The fourth-order valence-corrected chi connectivity index (χ4v) is 3.28. The van der Waals surface area contributed by atoms with Crippen LogP contribution >= 0.6 is 11.3 Å². The summed E-state index contributed by atoms with van der Waals surface area (Å²) in [5, 5.41) is 2.03. The van der Waals surface area contributed by atoms with E-state index in [0.29, 0.717) is 12.5 Å². The Morgan fingerprint density at radius 3 is 3.05 bits per heavy atom. The zero-order chi connectivity index (χ0) is 13.2. The maximum absolute atomic E-state index is 5.82. The number of hydrogen-bond acceptors (Lipinski definition) is 3. The Bertz CT molecular complexity index is 550. The van der Waals surface area contributed by atoms with Crippen LogP contribution < -0.4 is 4.74 Å². The van der Waals surface area contributed by atoms with Crippen LogP contribution in [0.25, 0.3) is 0 Å². The normalized spacial score (nSPS) is 22.0. The molecule has 3 rings (SSSR count). The van der Waals surface area contributed by atoms with Gasteiger partial charge in [0.15, 0.2) is 0 Å². The van der Waals surface area contributed by atoms with Crippen molar-refractivity contribution in [2.75, 3.05) is 0 Å². The average molecular weight is 273 g/mol. The molecule has 0 spiro atoms. The van der Waals surface area contributed by atoms with Crippen LogP contribution in [0.3, 0.4) is 0 Å². The molecule has 1 aromatic heterocycles. The first-order chi connectivity index (χ1) is 9.24. The van der Waals surface area contributed by atoms with E-state index in [4.69, 9.17) is 4.74 Å². The third-order valence-corrected chi connectivity index (χ3v) is 4.83. The topological polar surface area (TPSA) is 22.1 Å². The van der Waals surface area contributed by atoms with Crippen molar-refractivity contribution in [1.29, 1.82) is 0 Å². The first-order valence-electron chi connectivity index (χ1n) is 6.86. The van der Waals surface area contributed by atoms with Crippen LogP contribution in [0.4, 0.5) is 0 Å².